The third-order valence-electron chi connectivity index (χ3n) is 3.50. The van der Waals surface area contributed by atoms with E-state index in [1.165, 1.54) is 32.2 Å². The average Bonchev–Trinajstić information content (AvgIpc) is 2.90. The van der Waals surface area contributed by atoms with Gasteiger partial charge in [0.1, 0.15) is 0 Å². The zero-order chi connectivity index (χ0) is 10.5. The van der Waals surface area contributed by atoms with Crippen LogP contribution >= 0.6 is 0 Å². The van der Waals surface area contributed by atoms with Crippen molar-refractivity contribution in [1.82, 2.24) is 10.6 Å². The molecule has 2 N–H and O–H groups in total. The first-order valence-corrected chi connectivity index (χ1v) is 6.41. The van der Waals surface area contributed by atoms with Gasteiger partial charge in [0, 0.05) is 18.7 Å². The van der Waals surface area contributed by atoms with Gasteiger partial charge < -0.3 is 15.4 Å². The molecule has 0 amide bonds. The summed E-state index contributed by atoms with van der Waals surface area (Å²) in [5.41, 5.74) is 0. The molecule has 88 valence electrons. The van der Waals surface area contributed by atoms with Crippen LogP contribution in [0.2, 0.25) is 0 Å². The zero-order valence-electron chi connectivity index (χ0n) is 9.80. The molecule has 1 saturated heterocycles. The van der Waals surface area contributed by atoms with Crippen molar-refractivity contribution in [2.45, 2.75) is 44.7 Å². The van der Waals surface area contributed by atoms with Gasteiger partial charge in [0.25, 0.3) is 0 Å². The van der Waals surface area contributed by atoms with Crippen molar-refractivity contribution in [1.29, 1.82) is 0 Å². The second-order valence-corrected chi connectivity index (χ2v) is 4.95. The summed E-state index contributed by atoms with van der Waals surface area (Å²) in [6, 6.07) is 1.47. The Balaban J connectivity index is 1.45. The van der Waals surface area contributed by atoms with E-state index < -0.39 is 0 Å². The van der Waals surface area contributed by atoms with Crippen LogP contribution in [0.15, 0.2) is 0 Å². The van der Waals surface area contributed by atoms with Crippen molar-refractivity contribution in [3.8, 4) is 0 Å². The number of hydrogen-bond acceptors (Lipinski definition) is 3. The molecule has 2 unspecified atom stereocenters. The molecule has 2 aliphatic rings. The lowest BCUT2D eigenvalue weighted by atomic mass is 10.0. The molecule has 1 saturated carbocycles. The Morgan fingerprint density at radius 1 is 1.27 bits per heavy atom. The highest BCUT2D eigenvalue weighted by Gasteiger charge is 2.22. The van der Waals surface area contributed by atoms with Crippen LogP contribution in [-0.2, 0) is 4.74 Å². The van der Waals surface area contributed by atoms with Gasteiger partial charge in [-0.15, -0.1) is 0 Å². The highest BCUT2D eigenvalue weighted by Crippen LogP contribution is 2.18. The fourth-order valence-corrected chi connectivity index (χ4v) is 2.13. The molecule has 0 bridgehead atoms. The molecule has 1 heterocycles. The van der Waals surface area contributed by atoms with Crippen molar-refractivity contribution >= 4 is 0 Å². The number of hydrogen-bond donors (Lipinski definition) is 2. The van der Waals surface area contributed by atoms with Gasteiger partial charge in [0.2, 0.25) is 0 Å². The van der Waals surface area contributed by atoms with Gasteiger partial charge in [-0.3, -0.25) is 0 Å². The Morgan fingerprint density at radius 3 is 2.80 bits per heavy atom. The predicted octanol–water partition coefficient (Wildman–Crippen LogP) is 1.14. The van der Waals surface area contributed by atoms with E-state index in [1.807, 2.05) is 0 Å². The van der Waals surface area contributed by atoms with Crippen molar-refractivity contribution in [2.75, 3.05) is 26.3 Å². The quantitative estimate of drug-likeness (QED) is 0.621. The molecule has 3 heteroatoms. The summed E-state index contributed by atoms with van der Waals surface area (Å²) in [5, 5.41) is 7.13. The van der Waals surface area contributed by atoms with Crippen molar-refractivity contribution < 1.29 is 4.74 Å². The second-order valence-electron chi connectivity index (χ2n) is 4.95. The van der Waals surface area contributed by atoms with E-state index in [4.69, 9.17) is 4.74 Å². The molecular weight excluding hydrogens is 188 g/mol. The number of ether oxygens (including phenoxy) is 1. The Bertz CT molecular complexity index is 176. The Labute approximate surface area is 93.0 Å². The standard InChI is InChI=1S/C12H24N2O/c1-10(11-5-8-15-9-11)13-6-2-7-14-12-3-4-12/h10-14H,2-9H2,1H3. The monoisotopic (exact) mass is 212 g/mol. The summed E-state index contributed by atoms with van der Waals surface area (Å²) in [6.45, 7) is 6.50. The summed E-state index contributed by atoms with van der Waals surface area (Å²) in [4.78, 5) is 0. The van der Waals surface area contributed by atoms with Gasteiger partial charge in [-0.25, -0.2) is 0 Å². The summed E-state index contributed by atoms with van der Waals surface area (Å²) < 4.78 is 5.39. The maximum absolute atomic E-state index is 5.39. The summed E-state index contributed by atoms with van der Waals surface area (Å²) in [7, 11) is 0. The van der Waals surface area contributed by atoms with Crippen LogP contribution in [-0.4, -0.2) is 38.4 Å². The van der Waals surface area contributed by atoms with Crippen LogP contribution in [0.5, 0.6) is 0 Å². The smallest absolute Gasteiger partial charge is 0.0509 e. The largest absolute Gasteiger partial charge is 0.381 e. The molecule has 2 rings (SSSR count). The molecule has 0 spiro atoms. The number of rotatable bonds is 7. The molecular formula is C12H24N2O. The molecule has 0 aromatic heterocycles. The molecule has 3 nitrogen and oxygen atoms in total. The summed E-state index contributed by atoms with van der Waals surface area (Å²) in [6.07, 6.45) is 5.26. The normalized spacial score (nSPS) is 28.2. The molecule has 0 radical (unpaired) electrons. The lowest BCUT2D eigenvalue weighted by Gasteiger charge is -2.19. The van der Waals surface area contributed by atoms with E-state index in [1.54, 1.807) is 0 Å². The second kappa shape index (κ2) is 5.83. The third kappa shape index (κ3) is 4.09. The average molecular weight is 212 g/mol. The SMILES string of the molecule is CC(NCCCNC1CC1)C1CCOC1. The lowest BCUT2D eigenvalue weighted by molar-refractivity contribution is 0.178. The van der Waals surface area contributed by atoms with E-state index in [0.717, 1.165) is 31.7 Å². The minimum Gasteiger partial charge on any atom is -0.381 e. The van der Waals surface area contributed by atoms with Crippen LogP contribution in [0, 0.1) is 5.92 Å². The summed E-state index contributed by atoms with van der Waals surface area (Å²) in [5.74, 6) is 0.737. The molecule has 0 aromatic carbocycles. The van der Waals surface area contributed by atoms with Gasteiger partial charge in [-0.05, 0) is 51.6 Å². The maximum atomic E-state index is 5.39. The molecule has 0 aromatic rings. The minimum absolute atomic E-state index is 0.619. The van der Waals surface area contributed by atoms with Crippen LogP contribution < -0.4 is 10.6 Å². The Kier molecular flexibility index (Phi) is 4.42. The predicted molar refractivity (Wildman–Crippen MR) is 62.0 cm³/mol. The zero-order valence-corrected chi connectivity index (χ0v) is 9.80. The first kappa shape index (κ1) is 11.4. The van der Waals surface area contributed by atoms with E-state index in [2.05, 4.69) is 17.6 Å². The third-order valence-corrected chi connectivity index (χ3v) is 3.50. The van der Waals surface area contributed by atoms with Gasteiger partial charge in [0.05, 0.1) is 6.61 Å². The van der Waals surface area contributed by atoms with Crippen LogP contribution in [0.3, 0.4) is 0 Å². The van der Waals surface area contributed by atoms with Crippen LogP contribution in [0.25, 0.3) is 0 Å². The Hall–Kier alpha value is -0.120. The van der Waals surface area contributed by atoms with Gasteiger partial charge in [-0.1, -0.05) is 0 Å². The molecule has 2 fully saturated rings. The fourth-order valence-electron chi connectivity index (χ4n) is 2.13. The van der Waals surface area contributed by atoms with Crippen molar-refractivity contribution in [3.05, 3.63) is 0 Å². The highest BCUT2D eigenvalue weighted by atomic mass is 16.5. The van der Waals surface area contributed by atoms with E-state index in [-0.39, 0.29) is 0 Å². The van der Waals surface area contributed by atoms with Crippen molar-refractivity contribution in [3.63, 3.8) is 0 Å². The first-order chi connectivity index (χ1) is 7.36. The first-order valence-electron chi connectivity index (χ1n) is 6.41. The fraction of sp³-hybridized carbons (Fsp3) is 1.00. The van der Waals surface area contributed by atoms with Crippen molar-refractivity contribution in [2.24, 2.45) is 5.92 Å². The van der Waals surface area contributed by atoms with Crippen LogP contribution in [0.1, 0.15) is 32.6 Å². The topological polar surface area (TPSA) is 33.3 Å². The maximum Gasteiger partial charge on any atom is 0.0509 e. The number of nitrogens with one attached hydrogen (secondary N) is 2. The van der Waals surface area contributed by atoms with E-state index >= 15 is 0 Å². The van der Waals surface area contributed by atoms with Crippen LogP contribution in [0.4, 0.5) is 0 Å². The minimum atomic E-state index is 0.619. The highest BCUT2D eigenvalue weighted by molar-refractivity contribution is 4.81. The summed E-state index contributed by atoms with van der Waals surface area (Å²) >= 11 is 0. The van der Waals surface area contributed by atoms with E-state index in [9.17, 15) is 0 Å². The van der Waals surface area contributed by atoms with Gasteiger partial charge in [0.15, 0.2) is 0 Å². The van der Waals surface area contributed by atoms with Gasteiger partial charge >= 0.3 is 0 Å². The molecule has 2 atom stereocenters. The lowest BCUT2D eigenvalue weighted by Crippen LogP contribution is -2.35. The molecule has 1 aliphatic heterocycles. The molecule has 15 heavy (non-hydrogen) atoms. The Morgan fingerprint density at radius 2 is 2.13 bits per heavy atom. The molecule has 1 aliphatic carbocycles. The van der Waals surface area contributed by atoms with Gasteiger partial charge in [-0.2, -0.15) is 0 Å². The van der Waals surface area contributed by atoms with E-state index in [0.29, 0.717) is 6.04 Å².